The van der Waals surface area contributed by atoms with Gasteiger partial charge in [0.1, 0.15) is 0 Å². The topological polar surface area (TPSA) is 98.7 Å². The first-order valence-electron chi connectivity index (χ1n) is 14.7. The predicted octanol–water partition coefficient (Wildman–Crippen LogP) is 5.08. The SMILES string of the molecule is CC1(C)[C@H]2CC[C@](C)(C2)[C@]1(O)CCNC(=O)c1ccccc1C(=O)NCC[C@]1(O)C(C)(C)[C@H]2CC[C@]1(C)C2. The summed E-state index contributed by atoms with van der Waals surface area (Å²) in [6.07, 6.45) is 7.47. The van der Waals surface area contributed by atoms with Crippen LogP contribution in [0.2, 0.25) is 0 Å². The number of fused-ring (bicyclic) bond motifs is 4. The molecule has 5 rings (SSSR count). The van der Waals surface area contributed by atoms with Crippen LogP contribution in [0, 0.1) is 33.5 Å². The Morgan fingerprint density at radius 2 is 1.11 bits per heavy atom. The first-order valence-corrected chi connectivity index (χ1v) is 14.7. The second kappa shape index (κ2) is 8.79. The van der Waals surface area contributed by atoms with Crippen molar-refractivity contribution in [1.29, 1.82) is 0 Å². The van der Waals surface area contributed by atoms with Gasteiger partial charge in [0, 0.05) is 13.1 Å². The van der Waals surface area contributed by atoms with Crippen molar-refractivity contribution in [3.05, 3.63) is 35.4 Å². The number of carbonyl (C=O) groups excluding carboxylic acids is 2. The minimum Gasteiger partial charge on any atom is -0.389 e. The Morgan fingerprint density at radius 3 is 1.42 bits per heavy atom. The van der Waals surface area contributed by atoms with E-state index in [2.05, 4.69) is 52.2 Å². The Kier molecular flexibility index (Phi) is 6.39. The average Bonchev–Trinajstić information content (AvgIpc) is 3.54. The van der Waals surface area contributed by atoms with E-state index < -0.39 is 11.2 Å². The molecule has 6 heteroatoms. The van der Waals surface area contributed by atoms with Crippen molar-refractivity contribution in [2.75, 3.05) is 13.1 Å². The van der Waals surface area contributed by atoms with Gasteiger partial charge in [0.2, 0.25) is 0 Å². The molecule has 38 heavy (non-hydrogen) atoms. The minimum absolute atomic E-state index is 0.113. The number of amides is 2. The fraction of sp³-hybridized carbons (Fsp3) is 0.750. The molecule has 2 amide bonds. The van der Waals surface area contributed by atoms with Gasteiger partial charge in [0.25, 0.3) is 11.8 Å². The van der Waals surface area contributed by atoms with Crippen LogP contribution < -0.4 is 10.6 Å². The summed E-state index contributed by atoms with van der Waals surface area (Å²) in [7, 11) is 0. The summed E-state index contributed by atoms with van der Waals surface area (Å²) in [5.41, 5.74) is -1.57. The van der Waals surface area contributed by atoms with Gasteiger partial charge >= 0.3 is 0 Å². The van der Waals surface area contributed by atoms with E-state index in [0.29, 0.717) is 48.9 Å². The number of hydrogen-bond donors (Lipinski definition) is 4. The van der Waals surface area contributed by atoms with Gasteiger partial charge in [-0.1, -0.05) is 53.7 Å². The van der Waals surface area contributed by atoms with Gasteiger partial charge in [-0.25, -0.2) is 0 Å². The van der Waals surface area contributed by atoms with E-state index in [0.717, 1.165) is 38.5 Å². The van der Waals surface area contributed by atoms with Gasteiger partial charge in [-0.15, -0.1) is 0 Å². The third kappa shape index (κ3) is 3.65. The van der Waals surface area contributed by atoms with E-state index in [1.54, 1.807) is 24.3 Å². The fourth-order valence-corrected chi connectivity index (χ4v) is 9.73. The average molecular weight is 525 g/mol. The molecule has 4 fully saturated rings. The van der Waals surface area contributed by atoms with Crippen molar-refractivity contribution < 1.29 is 19.8 Å². The van der Waals surface area contributed by atoms with Gasteiger partial charge in [-0.2, -0.15) is 0 Å². The van der Waals surface area contributed by atoms with E-state index in [9.17, 15) is 19.8 Å². The maximum Gasteiger partial charge on any atom is 0.252 e. The highest BCUT2D eigenvalue weighted by atomic mass is 16.3. The Balaban J connectivity index is 1.20. The van der Waals surface area contributed by atoms with E-state index in [1.165, 1.54) is 0 Å². The minimum atomic E-state index is -0.822. The molecule has 1 aromatic rings. The molecule has 4 saturated carbocycles. The number of aliphatic hydroxyl groups is 2. The number of hydrogen-bond acceptors (Lipinski definition) is 4. The van der Waals surface area contributed by atoms with Crippen molar-refractivity contribution in [3.63, 3.8) is 0 Å². The normalized spacial score (nSPS) is 39.9. The monoisotopic (exact) mass is 524 g/mol. The van der Waals surface area contributed by atoms with Crippen LogP contribution in [-0.2, 0) is 0 Å². The highest BCUT2D eigenvalue weighted by molar-refractivity contribution is 6.07. The largest absolute Gasteiger partial charge is 0.389 e. The van der Waals surface area contributed by atoms with Crippen LogP contribution in [0.25, 0.3) is 0 Å². The molecule has 0 aromatic heterocycles. The zero-order valence-electron chi connectivity index (χ0n) is 24.2. The Morgan fingerprint density at radius 1 is 0.737 bits per heavy atom. The molecule has 4 bridgehead atoms. The summed E-state index contributed by atoms with van der Waals surface area (Å²) in [5, 5.41) is 29.5. The Labute approximate surface area is 228 Å². The number of carbonyl (C=O) groups is 2. The summed E-state index contributed by atoms with van der Waals surface area (Å²) in [4.78, 5) is 26.4. The molecule has 4 aliphatic rings. The molecule has 0 heterocycles. The highest BCUT2D eigenvalue weighted by Crippen LogP contribution is 2.70. The Bertz CT molecular complexity index is 1030. The molecule has 0 saturated heterocycles. The number of benzene rings is 1. The summed E-state index contributed by atoms with van der Waals surface area (Å²) >= 11 is 0. The maximum absolute atomic E-state index is 13.2. The second-order valence-electron chi connectivity index (χ2n) is 14.7. The van der Waals surface area contributed by atoms with Crippen molar-refractivity contribution in [1.82, 2.24) is 10.6 Å². The Hall–Kier alpha value is -1.92. The van der Waals surface area contributed by atoms with Crippen molar-refractivity contribution in [2.24, 2.45) is 33.5 Å². The summed E-state index contributed by atoms with van der Waals surface area (Å²) in [6, 6.07) is 6.88. The summed E-state index contributed by atoms with van der Waals surface area (Å²) in [5.74, 6) is 0.434. The molecule has 0 aliphatic heterocycles. The zero-order chi connectivity index (χ0) is 27.8. The van der Waals surface area contributed by atoms with E-state index in [1.807, 2.05) is 0 Å². The van der Waals surface area contributed by atoms with E-state index >= 15 is 0 Å². The third-order valence-electron chi connectivity index (χ3n) is 12.6. The van der Waals surface area contributed by atoms with Crippen LogP contribution in [0.5, 0.6) is 0 Å². The number of rotatable bonds is 8. The summed E-state index contributed by atoms with van der Waals surface area (Å²) in [6.45, 7) is 13.8. The van der Waals surface area contributed by atoms with Gasteiger partial charge in [0.05, 0.1) is 22.3 Å². The second-order valence-corrected chi connectivity index (χ2v) is 14.7. The molecule has 6 atom stereocenters. The lowest BCUT2D eigenvalue weighted by atomic mass is 9.59. The maximum atomic E-state index is 13.2. The molecular weight excluding hydrogens is 476 g/mol. The van der Waals surface area contributed by atoms with Crippen LogP contribution in [0.15, 0.2) is 24.3 Å². The molecular formula is C32H48N2O4. The highest BCUT2D eigenvalue weighted by Gasteiger charge is 2.68. The molecule has 4 aliphatic carbocycles. The lowest BCUT2D eigenvalue weighted by molar-refractivity contribution is -0.146. The van der Waals surface area contributed by atoms with Crippen LogP contribution >= 0.6 is 0 Å². The lowest BCUT2D eigenvalue weighted by Gasteiger charge is -2.51. The van der Waals surface area contributed by atoms with Crippen molar-refractivity contribution >= 4 is 11.8 Å². The van der Waals surface area contributed by atoms with E-state index in [-0.39, 0.29) is 33.5 Å². The van der Waals surface area contributed by atoms with Gasteiger partial charge < -0.3 is 20.8 Å². The smallest absolute Gasteiger partial charge is 0.252 e. The lowest BCUT2D eigenvalue weighted by Crippen LogP contribution is -2.55. The van der Waals surface area contributed by atoms with Crippen LogP contribution in [0.3, 0.4) is 0 Å². The van der Waals surface area contributed by atoms with E-state index in [4.69, 9.17) is 0 Å². The first kappa shape index (κ1) is 27.6. The van der Waals surface area contributed by atoms with Gasteiger partial charge in [-0.3, -0.25) is 9.59 Å². The van der Waals surface area contributed by atoms with Crippen molar-refractivity contribution in [2.45, 2.75) is 104 Å². The standard InChI is InChI=1S/C32H48N2O4/c1-27(2)21-11-13-29(5,19-21)31(27,37)15-17-33-25(35)23-9-7-8-10-24(23)26(36)34-18-16-32(38)28(3,4)22-12-14-30(32,6)20-22/h7-10,21-22,37-38H,11-20H2,1-6H3,(H,33,35)(H,34,36)/t21-,22-,29+,30+,31-,32-/m0/s1. The molecule has 6 nitrogen and oxygen atoms in total. The van der Waals surface area contributed by atoms with Crippen LogP contribution in [-0.4, -0.2) is 46.3 Å². The first-order chi connectivity index (χ1) is 17.6. The van der Waals surface area contributed by atoms with Gasteiger partial charge in [0.15, 0.2) is 0 Å². The molecule has 0 radical (unpaired) electrons. The fourth-order valence-electron chi connectivity index (χ4n) is 9.73. The molecule has 0 unspecified atom stereocenters. The van der Waals surface area contributed by atoms with Gasteiger partial charge in [-0.05, 0) is 97.0 Å². The summed E-state index contributed by atoms with van der Waals surface area (Å²) < 4.78 is 0. The number of nitrogens with one attached hydrogen (secondary N) is 2. The molecule has 1 aromatic carbocycles. The van der Waals surface area contributed by atoms with Crippen molar-refractivity contribution in [3.8, 4) is 0 Å². The zero-order valence-corrected chi connectivity index (χ0v) is 24.2. The molecule has 0 spiro atoms. The molecule has 210 valence electrons. The quantitative estimate of drug-likeness (QED) is 0.381. The predicted molar refractivity (Wildman–Crippen MR) is 149 cm³/mol. The van der Waals surface area contributed by atoms with Crippen LogP contribution in [0.1, 0.15) is 114 Å². The van der Waals surface area contributed by atoms with Crippen LogP contribution in [0.4, 0.5) is 0 Å². The molecule has 4 N–H and O–H groups in total. The third-order valence-corrected chi connectivity index (χ3v) is 12.6.